The number of carbonyl (C=O) groups excluding carboxylic acids is 3. The summed E-state index contributed by atoms with van der Waals surface area (Å²) >= 11 is 0. The molecule has 0 spiro atoms. The zero-order valence-corrected chi connectivity index (χ0v) is 33.7. The molecule has 0 bridgehead atoms. The third kappa shape index (κ3) is 12.3. The van der Waals surface area contributed by atoms with Gasteiger partial charge in [0.25, 0.3) is 0 Å². The van der Waals surface area contributed by atoms with Crippen molar-refractivity contribution >= 4 is 29.3 Å². The second-order valence-electron chi connectivity index (χ2n) is 14.9. The molecular formula is C43H56N8O6. The van der Waals surface area contributed by atoms with Gasteiger partial charge in [0.05, 0.1) is 31.6 Å². The minimum atomic E-state index is -0.730. The first-order chi connectivity index (χ1) is 27.5. The molecule has 2 atom stereocenters. The van der Waals surface area contributed by atoms with E-state index in [9.17, 15) is 14.4 Å². The van der Waals surface area contributed by atoms with Gasteiger partial charge in [-0.15, -0.1) is 0 Å². The molecule has 57 heavy (non-hydrogen) atoms. The van der Waals surface area contributed by atoms with Crippen molar-refractivity contribution in [1.29, 1.82) is 0 Å². The highest BCUT2D eigenvalue weighted by Gasteiger charge is 2.31. The quantitative estimate of drug-likeness (QED) is 0.225. The highest BCUT2D eigenvalue weighted by molar-refractivity contribution is 5.86. The number of para-hydroxylation sites is 4. The van der Waals surface area contributed by atoms with Crippen LogP contribution in [-0.2, 0) is 27.2 Å². The third-order valence-electron chi connectivity index (χ3n) is 9.68. The number of carbonyl (C=O) groups is 3. The van der Waals surface area contributed by atoms with Crippen molar-refractivity contribution in [3.63, 3.8) is 0 Å². The van der Waals surface area contributed by atoms with E-state index in [0.717, 1.165) is 47.1 Å². The molecule has 3 amide bonds. The van der Waals surface area contributed by atoms with Crippen LogP contribution in [0.15, 0.2) is 97.6 Å². The Morgan fingerprint density at radius 1 is 0.667 bits per heavy atom. The van der Waals surface area contributed by atoms with E-state index in [0.29, 0.717) is 52.1 Å². The van der Waals surface area contributed by atoms with Crippen LogP contribution in [0.4, 0.5) is 16.2 Å². The molecule has 4 heterocycles. The Hall–Kier alpha value is -5.89. The number of alkyl carbamates (subject to hydrolysis) is 1. The van der Waals surface area contributed by atoms with Crippen LogP contribution < -0.4 is 30.3 Å². The monoisotopic (exact) mass is 780 g/mol. The van der Waals surface area contributed by atoms with Crippen LogP contribution in [0.2, 0.25) is 0 Å². The average Bonchev–Trinajstić information content (AvgIpc) is 3.23. The molecule has 4 aromatic rings. The molecule has 2 aliphatic heterocycles. The van der Waals surface area contributed by atoms with Crippen LogP contribution in [0.25, 0.3) is 0 Å². The van der Waals surface area contributed by atoms with Gasteiger partial charge in [-0.2, -0.15) is 0 Å². The van der Waals surface area contributed by atoms with Crippen LogP contribution in [0.5, 0.6) is 11.5 Å². The normalized spacial score (nSPS) is 15.4. The summed E-state index contributed by atoms with van der Waals surface area (Å²) in [6.07, 6.45) is 7.11. The second kappa shape index (κ2) is 20.3. The lowest BCUT2D eigenvalue weighted by Crippen LogP contribution is -2.56. The molecule has 6 rings (SSSR count). The van der Waals surface area contributed by atoms with Gasteiger partial charge in [-0.05, 0) is 74.7 Å². The van der Waals surface area contributed by atoms with E-state index in [1.165, 1.54) is 0 Å². The molecule has 0 aliphatic carbocycles. The van der Waals surface area contributed by atoms with Crippen LogP contribution >= 0.6 is 0 Å². The van der Waals surface area contributed by atoms with Crippen molar-refractivity contribution in [3.05, 3.63) is 109 Å². The van der Waals surface area contributed by atoms with Crippen LogP contribution in [0, 0.1) is 0 Å². The van der Waals surface area contributed by atoms with Crippen molar-refractivity contribution in [1.82, 2.24) is 25.1 Å². The predicted octanol–water partition coefficient (Wildman–Crippen LogP) is 4.18. The molecule has 0 saturated carbocycles. The maximum absolute atomic E-state index is 13.4. The fraction of sp³-hybridized carbons (Fsp3) is 0.419. The average molecular weight is 781 g/mol. The first-order valence-corrected chi connectivity index (χ1v) is 19.3. The first kappa shape index (κ1) is 42.3. The molecular weight excluding hydrogens is 725 g/mol. The first-order valence-electron chi connectivity index (χ1n) is 19.3. The Labute approximate surface area is 335 Å². The lowest BCUT2D eigenvalue weighted by molar-refractivity contribution is -0.134. The van der Waals surface area contributed by atoms with Crippen LogP contribution in [-0.4, -0.2) is 122 Å². The van der Waals surface area contributed by atoms with Gasteiger partial charge in [-0.1, -0.05) is 36.4 Å². The van der Waals surface area contributed by atoms with Gasteiger partial charge in [-0.3, -0.25) is 19.6 Å². The smallest absolute Gasteiger partial charge is 0.408 e. The van der Waals surface area contributed by atoms with Gasteiger partial charge in [0.1, 0.15) is 23.1 Å². The number of hydrogen-bond acceptors (Lipinski definition) is 11. The van der Waals surface area contributed by atoms with Crippen molar-refractivity contribution < 1.29 is 28.6 Å². The summed E-state index contributed by atoms with van der Waals surface area (Å²) in [7, 11) is 3.33. The summed E-state index contributed by atoms with van der Waals surface area (Å²) in [4.78, 5) is 54.7. The van der Waals surface area contributed by atoms with Gasteiger partial charge < -0.3 is 44.9 Å². The Balaban J connectivity index is 0.000000224. The van der Waals surface area contributed by atoms with E-state index in [2.05, 4.69) is 25.1 Å². The van der Waals surface area contributed by atoms with Crippen molar-refractivity contribution in [2.45, 2.75) is 51.3 Å². The number of benzene rings is 2. The highest BCUT2D eigenvalue weighted by Crippen LogP contribution is 2.29. The molecule has 2 aromatic heterocycles. The Morgan fingerprint density at radius 2 is 1.12 bits per heavy atom. The summed E-state index contributed by atoms with van der Waals surface area (Å²) in [6, 6.07) is 22.1. The van der Waals surface area contributed by atoms with Crippen molar-refractivity contribution in [3.8, 4) is 11.5 Å². The molecule has 304 valence electrons. The number of pyridine rings is 2. The second-order valence-corrected chi connectivity index (χ2v) is 14.9. The van der Waals surface area contributed by atoms with E-state index in [4.69, 9.17) is 19.9 Å². The van der Waals surface area contributed by atoms with Crippen LogP contribution in [0.3, 0.4) is 0 Å². The maximum Gasteiger partial charge on any atom is 0.408 e. The van der Waals surface area contributed by atoms with Gasteiger partial charge in [-0.25, -0.2) is 4.79 Å². The molecule has 0 radical (unpaired) electrons. The molecule has 14 nitrogen and oxygen atoms in total. The number of methoxy groups -OCH3 is 2. The maximum atomic E-state index is 13.4. The zero-order chi connectivity index (χ0) is 40.8. The summed E-state index contributed by atoms with van der Waals surface area (Å²) in [5.74, 6) is 1.55. The molecule has 2 aliphatic rings. The number of nitrogens with two attached hydrogens (primary N) is 1. The van der Waals surface area contributed by atoms with Gasteiger partial charge in [0.2, 0.25) is 11.8 Å². The fourth-order valence-corrected chi connectivity index (χ4v) is 6.84. The molecule has 0 unspecified atom stereocenters. The number of hydrogen-bond donors (Lipinski definition) is 2. The number of nitrogens with zero attached hydrogens (tertiary/aromatic N) is 6. The lowest BCUT2D eigenvalue weighted by Gasteiger charge is -2.38. The number of nitrogens with one attached hydrogen (secondary N) is 1. The summed E-state index contributed by atoms with van der Waals surface area (Å²) < 4.78 is 16.3. The van der Waals surface area contributed by atoms with E-state index < -0.39 is 23.8 Å². The molecule has 2 saturated heterocycles. The van der Waals surface area contributed by atoms with Crippen molar-refractivity contribution in [2.75, 3.05) is 76.4 Å². The summed E-state index contributed by atoms with van der Waals surface area (Å²) in [5, 5.41) is 2.77. The Morgan fingerprint density at radius 3 is 1.56 bits per heavy atom. The fourth-order valence-electron chi connectivity index (χ4n) is 6.84. The summed E-state index contributed by atoms with van der Waals surface area (Å²) in [6.45, 7) is 10.7. The molecule has 2 aromatic carbocycles. The number of piperazine rings is 2. The third-order valence-corrected chi connectivity index (χ3v) is 9.68. The number of ether oxygens (including phenoxy) is 3. The Bertz CT molecular complexity index is 1880. The molecule has 3 N–H and O–H groups in total. The summed E-state index contributed by atoms with van der Waals surface area (Å²) in [5.41, 5.74) is 9.41. The SMILES string of the molecule is COc1ccccc1N1CCN(C(=O)[C@@H](Cc2cccnc2)NC(=O)OC(C)(C)C)CC1.COc1ccccc1N1CCN(C(=O)[C@H](N)Cc2cccnc2)CC1. The van der Waals surface area contributed by atoms with Gasteiger partial charge in [0.15, 0.2) is 0 Å². The lowest BCUT2D eigenvalue weighted by atomic mass is 10.1. The van der Waals surface area contributed by atoms with E-state index in [1.54, 1.807) is 64.7 Å². The highest BCUT2D eigenvalue weighted by atomic mass is 16.6. The van der Waals surface area contributed by atoms with E-state index >= 15 is 0 Å². The van der Waals surface area contributed by atoms with Crippen molar-refractivity contribution in [2.24, 2.45) is 5.73 Å². The van der Waals surface area contributed by atoms with Gasteiger partial charge in [0, 0.05) is 83.6 Å². The molecule has 14 heteroatoms. The zero-order valence-electron chi connectivity index (χ0n) is 33.7. The number of aromatic nitrogens is 2. The minimum Gasteiger partial charge on any atom is -0.495 e. The number of rotatable bonds is 11. The predicted molar refractivity (Wildman–Crippen MR) is 221 cm³/mol. The van der Waals surface area contributed by atoms with E-state index in [-0.39, 0.29) is 11.8 Å². The van der Waals surface area contributed by atoms with E-state index in [1.807, 2.05) is 77.7 Å². The minimum absolute atomic E-state index is 0.00327. The van der Waals surface area contributed by atoms with Gasteiger partial charge >= 0.3 is 6.09 Å². The number of amides is 3. The topological polar surface area (TPSA) is 156 Å². The largest absolute Gasteiger partial charge is 0.495 e. The standard InChI is InChI=1S/C24H32N4O4.C19H24N4O2/c1-24(2,3)32-23(30)26-19(16-18-8-7-11-25-17-18)22(29)28-14-12-27(13-15-28)20-9-5-6-10-21(20)31-4;1-25-18-7-3-2-6-17(18)22-9-11-23(12-10-22)19(24)16(20)13-15-5-4-8-21-14-15/h5-11,17,19H,12-16H2,1-4H3,(H,26,30);2-8,14,16H,9-13,20H2,1H3/t19-;16-/m11/s1. The van der Waals surface area contributed by atoms with Crippen LogP contribution in [0.1, 0.15) is 31.9 Å². The number of anilines is 2. The Kier molecular flexibility index (Phi) is 15.1. The molecule has 2 fully saturated rings.